The molecule has 1 aliphatic rings. The standard InChI is InChI=1S/C15H18O4/c1-5-9(2)15(16)19-13-7-6-11(17-4)8-12(13)14-10(3)18-14/h5-8,10,14H,1-4H3/b9-5-. The normalized spacial score (nSPS) is 22.0. The predicted molar refractivity (Wildman–Crippen MR) is 71.3 cm³/mol. The number of epoxide rings is 1. The second kappa shape index (κ2) is 5.45. The van der Waals surface area contributed by atoms with Crippen LogP contribution in [0, 0.1) is 0 Å². The van der Waals surface area contributed by atoms with Gasteiger partial charge < -0.3 is 14.2 Å². The van der Waals surface area contributed by atoms with Crippen molar-refractivity contribution in [2.75, 3.05) is 7.11 Å². The maximum absolute atomic E-state index is 11.8. The number of allylic oxidation sites excluding steroid dienone is 1. The molecule has 2 unspecified atom stereocenters. The molecule has 0 amide bonds. The Morgan fingerprint density at radius 2 is 2.11 bits per heavy atom. The molecule has 1 saturated heterocycles. The Hall–Kier alpha value is -1.81. The van der Waals surface area contributed by atoms with Gasteiger partial charge in [0.2, 0.25) is 0 Å². The average Bonchev–Trinajstić information content (AvgIpc) is 3.15. The maximum atomic E-state index is 11.8. The van der Waals surface area contributed by atoms with Crippen LogP contribution >= 0.6 is 0 Å². The van der Waals surface area contributed by atoms with Gasteiger partial charge in [-0.2, -0.15) is 0 Å². The SMILES string of the molecule is C/C=C(/C)C(=O)Oc1ccc(OC)cc1C1OC1C. The van der Waals surface area contributed by atoms with Crippen LogP contribution in [0.3, 0.4) is 0 Å². The highest BCUT2D eigenvalue weighted by Crippen LogP contribution is 2.44. The number of carbonyl (C=O) groups excluding carboxylic acids is 1. The number of rotatable bonds is 4. The number of hydrogen-bond acceptors (Lipinski definition) is 4. The third-order valence-corrected chi connectivity index (χ3v) is 3.19. The molecule has 0 spiro atoms. The molecule has 1 fully saturated rings. The van der Waals surface area contributed by atoms with Crippen LogP contribution < -0.4 is 9.47 Å². The van der Waals surface area contributed by atoms with E-state index in [1.54, 1.807) is 39.2 Å². The molecule has 2 rings (SSSR count). The zero-order valence-corrected chi connectivity index (χ0v) is 11.6. The molecule has 0 radical (unpaired) electrons. The minimum atomic E-state index is -0.345. The zero-order chi connectivity index (χ0) is 14.0. The molecule has 4 nitrogen and oxygen atoms in total. The number of esters is 1. The summed E-state index contributed by atoms with van der Waals surface area (Å²) in [5.41, 5.74) is 1.43. The van der Waals surface area contributed by atoms with Gasteiger partial charge in [-0.3, -0.25) is 0 Å². The molecule has 1 aliphatic heterocycles. The summed E-state index contributed by atoms with van der Waals surface area (Å²) >= 11 is 0. The molecule has 4 heteroatoms. The summed E-state index contributed by atoms with van der Waals surface area (Å²) in [7, 11) is 1.60. The van der Waals surface area contributed by atoms with E-state index in [0.717, 1.165) is 11.3 Å². The van der Waals surface area contributed by atoms with E-state index in [0.29, 0.717) is 11.3 Å². The number of methoxy groups -OCH3 is 1. The van der Waals surface area contributed by atoms with E-state index in [1.165, 1.54) is 0 Å². The molecule has 1 aromatic carbocycles. The van der Waals surface area contributed by atoms with Crippen molar-refractivity contribution in [1.29, 1.82) is 0 Å². The molecule has 0 saturated carbocycles. The van der Waals surface area contributed by atoms with Crippen molar-refractivity contribution in [3.63, 3.8) is 0 Å². The van der Waals surface area contributed by atoms with Crippen LogP contribution in [-0.2, 0) is 9.53 Å². The second-order valence-corrected chi connectivity index (χ2v) is 4.53. The zero-order valence-electron chi connectivity index (χ0n) is 11.6. The topological polar surface area (TPSA) is 48.1 Å². The summed E-state index contributed by atoms with van der Waals surface area (Å²) < 4.78 is 16.0. The third kappa shape index (κ3) is 2.96. The highest BCUT2D eigenvalue weighted by atomic mass is 16.6. The van der Waals surface area contributed by atoms with Gasteiger partial charge in [-0.05, 0) is 39.0 Å². The summed E-state index contributed by atoms with van der Waals surface area (Å²) in [4.78, 5) is 11.8. The van der Waals surface area contributed by atoms with Crippen molar-refractivity contribution in [3.05, 3.63) is 35.4 Å². The van der Waals surface area contributed by atoms with Crippen molar-refractivity contribution in [3.8, 4) is 11.5 Å². The van der Waals surface area contributed by atoms with Crippen LogP contribution in [0.4, 0.5) is 0 Å². The fourth-order valence-corrected chi connectivity index (χ4v) is 1.78. The maximum Gasteiger partial charge on any atom is 0.338 e. The van der Waals surface area contributed by atoms with Crippen molar-refractivity contribution in [2.24, 2.45) is 0 Å². The molecule has 0 N–H and O–H groups in total. The van der Waals surface area contributed by atoms with Crippen molar-refractivity contribution < 1.29 is 19.0 Å². The minimum Gasteiger partial charge on any atom is -0.497 e. The van der Waals surface area contributed by atoms with Gasteiger partial charge in [0.15, 0.2) is 0 Å². The van der Waals surface area contributed by atoms with Gasteiger partial charge in [0.25, 0.3) is 0 Å². The summed E-state index contributed by atoms with van der Waals surface area (Å²) in [6.45, 7) is 5.51. The van der Waals surface area contributed by atoms with E-state index >= 15 is 0 Å². The van der Waals surface area contributed by atoms with Gasteiger partial charge in [0.1, 0.15) is 17.6 Å². The highest BCUT2D eigenvalue weighted by Gasteiger charge is 2.38. The largest absolute Gasteiger partial charge is 0.497 e. The van der Waals surface area contributed by atoms with Crippen molar-refractivity contribution in [2.45, 2.75) is 33.0 Å². The number of hydrogen-bond donors (Lipinski definition) is 0. The van der Waals surface area contributed by atoms with Crippen molar-refractivity contribution in [1.82, 2.24) is 0 Å². The smallest absolute Gasteiger partial charge is 0.338 e. The minimum absolute atomic E-state index is 0.0242. The molecule has 1 heterocycles. The lowest BCUT2D eigenvalue weighted by atomic mass is 10.1. The van der Waals surface area contributed by atoms with Crippen LogP contribution in [0.5, 0.6) is 11.5 Å². The van der Waals surface area contributed by atoms with E-state index in [1.807, 2.05) is 13.0 Å². The molecule has 0 aromatic heterocycles. The van der Waals surface area contributed by atoms with E-state index in [4.69, 9.17) is 14.2 Å². The monoisotopic (exact) mass is 262 g/mol. The van der Waals surface area contributed by atoms with Crippen LogP contribution in [0.25, 0.3) is 0 Å². The summed E-state index contributed by atoms with van der Waals surface area (Å²) in [5.74, 6) is 0.906. The Kier molecular flexibility index (Phi) is 3.90. The fraction of sp³-hybridized carbons (Fsp3) is 0.400. The lowest BCUT2D eigenvalue weighted by Gasteiger charge is -2.10. The molecule has 2 atom stereocenters. The summed E-state index contributed by atoms with van der Waals surface area (Å²) in [6, 6.07) is 5.36. The van der Waals surface area contributed by atoms with E-state index in [9.17, 15) is 4.79 Å². The van der Waals surface area contributed by atoms with E-state index in [2.05, 4.69) is 0 Å². The molecule has 102 valence electrons. The first-order valence-corrected chi connectivity index (χ1v) is 6.25. The molecular formula is C15H18O4. The first kappa shape index (κ1) is 13.6. The molecule has 1 aromatic rings. The van der Waals surface area contributed by atoms with Gasteiger partial charge >= 0.3 is 5.97 Å². The number of benzene rings is 1. The molecule has 0 bridgehead atoms. The molecule has 19 heavy (non-hydrogen) atoms. The van der Waals surface area contributed by atoms with Gasteiger partial charge in [-0.25, -0.2) is 4.79 Å². The Morgan fingerprint density at radius 1 is 1.42 bits per heavy atom. The molecular weight excluding hydrogens is 244 g/mol. The first-order chi connectivity index (χ1) is 9.06. The summed E-state index contributed by atoms with van der Waals surface area (Å²) in [5, 5.41) is 0. The van der Waals surface area contributed by atoms with Crippen LogP contribution in [0.15, 0.2) is 29.8 Å². The fourth-order valence-electron chi connectivity index (χ4n) is 1.78. The number of ether oxygens (including phenoxy) is 3. The van der Waals surface area contributed by atoms with E-state index in [-0.39, 0.29) is 18.2 Å². The second-order valence-electron chi connectivity index (χ2n) is 4.53. The van der Waals surface area contributed by atoms with E-state index < -0.39 is 0 Å². The average molecular weight is 262 g/mol. The Labute approximate surface area is 113 Å². The third-order valence-electron chi connectivity index (χ3n) is 3.19. The van der Waals surface area contributed by atoms with Gasteiger partial charge in [0.05, 0.1) is 13.2 Å². The van der Waals surface area contributed by atoms with Crippen LogP contribution in [0.1, 0.15) is 32.4 Å². The molecule has 0 aliphatic carbocycles. The van der Waals surface area contributed by atoms with Gasteiger partial charge in [0, 0.05) is 11.1 Å². The highest BCUT2D eigenvalue weighted by molar-refractivity contribution is 5.89. The quantitative estimate of drug-likeness (QED) is 0.362. The Balaban J connectivity index is 2.27. The van der Waals surface area contributed by atoms with Gasteiger partial charge in [-0.15, -0.1) is 0 Å². The Morgan fingerprint density at radius 3 is 2.63 bits per heavy atom. The van der Waals surface area contributed by atoms with Crippen molar-refractivity contribution >= 4 is 5.97 Å². The number of carbonyl (C=O) groups is 1. The first-order valence-electron chi connectivity index (χ1n) is 6.25. The van der Waals surface area contributed by atoms with Gasteiger partial charge in [-0.1, -0.05) is 6.08 Å². The van der Waals surface area contributed by atoms with Crippen LogP contribution in [-0.4, -0.2) is 19.2 Å². The Bertz CT molecular complexity index is 519. The van der Waals surface area contributed by atoms with Crippen LogP contribution in [0.2, 0.25) is 0 Å². The predicted octanol–water partition coefficient (Wildman–Crippen LogP) is 3.03. The lowest BCUT2D eigenvalue weighted by molar-refractivity contribution is -0.130. The lowest BCUT2D eigenvalue weighted by Crippen LogP contribution is -2.10. The summed E-state index contributed by atoms with van der Waals surface area (Å²) in [6.07, 6.45) is 1.85.